The summed E-state index contributed by atoms with van der Waals surface area (Å²) in [6, 6.07) is 58.9. The van der Waals surface area contributed by atoms with Crippen molar-refractivity contribution in [3.63, 3.8) is 0 Å². The highest BCUT2D eigenvalue weighted by molar-refractivity contribution is 9.09. The summed E-state index contributed by atoms with van der Waals surface area (Å²) in [4.78, 5) is 44.3. The van der Waals surface area contributed by atoms with Gasteiger partial charge in [-0.25, -0.2) is 19.2 Å². The predicted octanol–water partition coefficient (Wildman–Crippen LogP) is 18.6. The van der Waals surface area contributed by atoms with Gasteiger partial charge in [0, 0.05) is 19.3 Å². The van der Waals surface area contributed by atoms with Crippen LogP contribution in [0.15, 0.2) is 232 Å². The SMILES string of the molecule is C.C.C.C.C.C.C.C.C.C.C.C.C.C=CC(=O)OCc1ccc(C(=O)O)cc1.C=CC(=O)OCc1ccc(C(=O)Oc2ccc(OCO)cc2)cc1.CO.OCBr.OCOc1ccc(O)cc1.OCOc1ccc(OCc2ccccc2)cc1.Oc1ccc(OCc2ccccc2)cc1. The van der Waals surface area contributed by atoms with Gasteiger partial charge in [0.05, 0.1) is 16.6 Å². The molecule has 0 fully saturated rings. The van der Waals surface area contributed by atoms with Gasteiger partial charge in [0.25, 0.3) is 0 Å². The Morgan fingerprint density at radius 3 is 0.859 bits per heavy atom. The molecule has 0 radical (unpaired) electrons. The fourth-order valence-corrected chi connectivity index (χ4v) is 6.10. The summed E-state index contributed by atoms with van der Waals surface area (Å²) in [6.45, 7) is 6.80. The van der Waals surface area contributed by atoms with E-state index in [4.69, 9.17) is 78.7 Å². The molecule has 20 nitrogen and oxygen atoms in total. The van der Waals surface area contributed by atoms with Crippen LogP contribution < -0.4 is 28.4 Å². The largest absolute Gasteiger partial charge is 0.508 e. The maximum absolute atomic E-state index is 12.1. The van der Waals surface area contributed by atoms with E-state index in [1.165, 1.54) is 24.3 Å². The van der Waals surface area contributed by atoms with E-state index >= 15 is 0 Å². The molecule has 0 saturated carbocycles. The van der Waals surface area contributed by atoms with Crippen LogP contribution in [0.5, 0.6) is 46.0 Å². The average Bonchev–Trinajstić information content (AvgIpc) is 1.03. The number of rotatable bonds is 21. The maximum Gasteiger partial charge on any atom is 0.343 e. The minimum atomic E-state index is -0.982. The van der Waals surface area contributed by atoms with Crippen molar-refractivity contribution in [2.45, 2.75) is 123 Å². The van der Waals surface area contributed by atoms with Gasteiger partial charge in [-0.15, -0.1) is 0 Å². The van der Waals surface area contributed by atoms with Crippen LogP contribution in [0, 0.1) is 0 Å². The van der Waals surface area contributed by atoms with Crippen molar-refractivity contribution in [1.82, 2.24) is 0 Å². The summed E-state index contributed by atoms with van der Waals surface area (Å²) >= 11 is 2.70. The fraction of sp³-hybridized carbons (Fsp3) is 0.282. The molecular formula is C78H119BrO20. The molecule has 0 heterocycles. The number of phenolic OH excluding ortho intramolecular Hbond substituents is 2. The number of esters is 3. The Morgan fingerprint density at radius 1 is 0.354 bits per heavy atom. The number of carboxylic acids is 1. The first-order valence-electron chi connectivity index (χ1n) is 25.4. The van der Waals surface area contributed by atoms with Gasteiger partial charge in [0.1, 0.15) is 72.4 Å². The number of benzene rings is 8. The number of carbonyl (C=O) groups is 4. The van der Waals surface area contributed by atoms with Crippen molar-refractivity contribution in [2.24, 2.45) is 0 Å². The van der Waals surface area contributed by atoms with E-state index in [9.17, 15) is 19.2 Å². The lowest BCUT2D eigenvalue weighted by Crippen LogP contribution is -2.08. The number of phenols is 2. The molecule has 8 aromatic carbocycles. The van der Waals surface area contributed by atoms with E-state index in [1.807, 2.05) is 72.8 Å². The van der Waals surface area contributed by atoms with Crippen LogP contribution in [0.25, 0.3) is 0 Å². The smallest absolute Gasteiger partial charge is 0.343 e. The number of ether oxygens (including phenoxy) is 8. The second-order valence-electron chi connectivity index (χ2n) is 16.1. The van der Waals surface area contributed by atoms with Gasteiger partial charge in [-0.05, 0) is 144 Å². The number of carboxylic acid groups (broad SMARTS) is 1. The topological polar surface area (TPSA) is 304 Å². The zero-order valence-corrected chi connectivity index (χ0v) is 48.3. The first-order chi connectivity index (χ1) is 41.7. The predicted molar refractivity (Wildman–Crippen MR) is 410 cm³/mol. The Morgan fingerprint density at radius 2 is 0.596 bits per heavy atom. The summed E-state index contributed by atoms with van der Waals surface area (Å²) in [5.41, 5.74) is 4.36. The van der Waals surface area contributed by atoms with Crippen molar-refractivity contribution >= 4 is 39.8 Å². The molecule has 0 aliphatic rings. The Kier molecular flexibility index (Phi) is 84.9. The molecule has 0 unspecified atom stereocenters. The van der Waals surface area contributed by atoms with Crippen molar-refractivity contribution in [3.05, 3.63) is 265 Å². The number of aliphatic hydroxyl groups excluding tert-OH is 5. The molecule has 21 heteroatoms. The number of halogens is 1. The summed E-state index contributed by atoms with van der Waals surface area (Å²) in [5.74, 6) is 1.46. The van der Waals surface area contributed by atoms with Crippen LogP contribution in [0.3, 0.4) is 0 Å². The second-order valence-corrected chi connectivity index (χ2v) is 16.6. The van der Waals surface area contributed by atoms with Gasteiger partial charge in [0.2, 0.25) is 0 Å². The molecule has 0 aliphatic carbocycles. The highest BCUT2D eigenvalue weighted by atomic mass is 79.9. The Bertz CT molecular complexity index is 3120. The van der Waals surface area contributed by atoms with Gasteiger partial charge < -0.3 is 78.7 Å². The van der Waals surface area contributed by atoms with E-state index in [2.05, 4.69) is 29.1 Å². The first-order valence-corrected chi connectivity index (χ1v) is 26.5. The monoisotopic (exact) mass is 1450 g/mol. The molecular weight excluding hydrogens is 1340 g/mol. The molecule has 0 aliphatic heterocycles. The number of carbonyl (C=O) groups excluding carboxylic acids is 3. The molecule has 0 spiro atoms. The quantitative estimate of drug-likeness (QED) is 0.0109. The van der Waals surface area contributed by atoms with Crippen LogP contribution >= 0.6 is 15.9 Å². The summed E-state index contributed by atoms with van der Waals surface area (Å²) in [6.07, 6.45) is 2.16. The summed E-state index contributed by atoms with van der Waals surface area (Å²) < 4.78 is 40.6. The molecule has 0 saturated heterocycles. The normalized spacial score (nSPS) is 8.19. The number of aromatic carboxylic acids is 1. The fourth-order valence-electron chi connectivity index (χ4n) is 6.10. The van der Waals surface area contributed by atoms with E-state index in [-0.39, 0.29) is 146 Å². The zero-order valence-electron chi connectivity index (χ0n) is 46.7. The molecule has 0 amide bonds. The van der Waals surface area contributed by atoms with Crippen LogP contribution in [-0.2, 0) is 45.5 Å². The van der Waals surface area contributed by atoms with Crippen LogP contribution in [-0.4, -0.2) is 97.7 Å². The summed E-state index contributed by atoms with van der Waals surface area (Å²) in [5, 5.41) is 66.6. The van der Waals surface area contributed by atoms with Gasteiger partial charge in [-0.3, -0.25) is 0 Å². The van der Waals surface area contributed by atoms with E-state index < -0.39 is 30.7 Å². The van der Waals surface area contributed by atoms with Crippen LogP contribution in [0.1, 0.15) is 140 Å². The number of hydrogen-bond donors (Lipinski definition) is 8. The Hall–Kier alpha value is -10.0. The number of hydrogen-bond acceptors (Lipinski definition) is 19. The highest BCUT2D eigenvalue weighted by Crippen LogP contribution is 2.21. The molecule has 0 bridgehead atoms. The van der Waals surface area contributed by atoms with Gasteiger partial charge >= 0.3 is 23.9 Å². The van der Waals surface area contributed by atoms with E-state index in [1.54, 1.807) is 109 Å². The molecule has 99 heavy (non-hydrogen) atoms. The second kappa shape index (κ2) is 72.3. The number of aromatic hydroxyl groups is 2. The van der Waals surface area contributed by atoms with Crippen molar-refractivity contribution in [1.29, 1.82) is 0 Å². The molecule has 8 N–H and O–H groups in total. The lowest BCUT2D eigenvalue weighted by molar-refractivity contribution is -0.139. The third-order valence-corrected chi connectivity index (χ3v) is 10.2. The Balaban J connectivity index is -0.0000000927. The van der Waals surface area contributed by atoms with Crippen LogP contribution in [0.2, 0.25) is 0 Å². The lowest BCUT2D eigenvalue weighted by Gasteiger charge is -2.07. The lowest BCUT2D eigenvalue weighted by atomic mass is 10.1. The summed E-state index contributed by atoms with van der Waals surface area (Å²) in [7, 11) is 1.00. The minimum absolute atomic E-state index is 0. The van der Waals surface area contributed by atoms with Crippen molar-refractivity contribution in [2.75, 3.05) is 33.0 Å². The standard InChI is InChI=1S/C18H16O6.C14H14O3.C13H12O2.C11H10O4.C7H8O3.CH3BrO.CH4O.13CH4/c1-2-17(20)22-11-13-3-5-14(6-4-13)18(21)24-16-9-7-15(8-10-16)23-12-19;15-11-17-14-8-6-13(7-9-14)16-10-12-4-2-1-3-5-12;14-12-6-8-13(9-7-12)15-10-11-4-2-1-3-5-11;1-2-10(12)15-7-8-3-5-9(6-4-8)11(13)14;8-5-10-7-3-1-6(9)2-4-7;2-1-3;1-2;;;;;;;;;;;;;/h2-10,19H,1,11-12H2;1-9,15H,10-11H2;1-9,14H,10H2;2-6H,1,7H2,(H,13,14);1-4,8-9H,5H2;3H,1H2;2H,1H3;13*1H4. The first kappa shape index (κ1) is 116. The van der Waals surface area contributed by atoms with Crippen molar-refractivity contribution < 1.29 is 97.9 Å². The average molecular weight is 1460 g/mol. The van der Waals surface area contributed by atoms with E-state index in [0.717, 1.165) is 53.0 Å². The molecule has 0 atom stereocenters. The Labute approximate surface area is 601 Å². The number of alkyl halides is 1. The molecule has 8 rings (SSSR count). The van der Waals surface area contributed by atoms with Gasteiger partial charge in [0.15, 0.2) is 20.4 Å². The van der Waals surface area contributed by atoms with Crippen LogP contribution in [0.4, 0.5) is 0 Å². The zero-order chi connectivity index (χ0) is 63.2. The molecule has 0 aromatic heterocycles. The van der Waals surface area contributed by atoms with Gasteiger partial charge in [-0.1, -0.05) is 211 Å². The van der Waals surface area contributed by atoms with E-state index in [0.29, 0.717) is 41.8 Å². The number of aliphatic hydroxyl groups is 5. The third kappa shape index (κ3) is 52.8. The minimum Gasteiger partial charge on any atom is -0.508 e. The van der Waals surface area contributed by atoms with Crippen molar-refractivity contribution in [3.8, 4) is 46.0 Å². The maximum atomic E-state index is 12.1. The molecule has 8 aromatic rings. The third-order valence-electron chi connectivity index (χ3n) is 10.2. The highest BCUT2D eigenvalue weighted by Gasteiger charge is 2.10. The molecule has 558 valence electrons. The van der Waals surface area contributed by atoms with Gasteiger partial charge in [-0.2, -0.15) is 0 Å².